The Kier molecular flexibility index (Phi) is 212. The number of nitriles is 4. The Morgan fingerprint density at radius 2 is 0.538 bits per heavy atom. The van der Waals surface area contributed by atoms with Gasteiger partial charge in [0.25, 0.3) is 0 Å². The predicted octanol–water partition coefficient (Wildman–Crippen LogP) is 0.0575. The van der Waals surface area contributed by atoms with Crippen LogP contribution < -0.4 is 0 Å². The Bertz CT molecular complexity index is 158. The maximum absolute atomic E-state index is 7.13. The van der Waals surface area contributed by atoms with Crippen LogP contribution >= 0.6 is 0 Å². The molecule has 4 nitrogen and oxygen atoms in total. The van der Waals surface area contributed by atoms with E-state index in [4.69, 9.17) is 21.0 Å². The van der Waals surface area contributed by atoms with Gasteiger partial charge in [-0.2, -0.15) is 0 Å². The summed E-state index contributed by atoms with van der Waals surface area (Å²) in [6, 6.07) is 0. The van der Waals surface area contributed by atoms with Gasteiger partial charge in [-0.3, -0.25) is 0 Å². The Hall–Kier alpha value is -0.147. The van der Waals surface area contributed by atoms with Crippen molar-refractivity contribution in [2.24, 2.45) is 0 Å². The predicted molar refractivity (Wildman–Crippen MR) is 51.9 cm³/mol. The maximum atomic E-state index is 7.13. The van der Waals surface area contributed by atoms with E-state index in [-0.39, 0.29) is 29.9 Å². The first-order chi connectivity index (χ1) is 5.66. The summed E-state index contributed by atoms with van der Waals surface area (Å²) in [6.45, 7) is 0. The van der Waals surface area contributed by atoms with E-state index in [0.29, 0.717) is 0 Å². The van der Waals surface area contributed by atoms with Gasteiger partial charge in [0.1, 0.15) is 0 Å². The molecular weight excluding hydrogens is 469 g/mol. The molecule has 0 aromatic heterocycles. The summed E-state index contributed by atoms with van der Waals surface area (Å²) in [5.41, 5.74) is 0. The number of rotatable bonds is 0. The van der Waals surface area contributed by atoms with Crippen molar-refractivity contribution in [1.29, 1.82) is 21.0 Å². The summed E-state index contributed by atoms with van der Waals surface area (Å²) in [5, 5.41) is 33.9. The molecule has 0 aliphatic carbocycles. The molecule has 0 aromatic carbocycles. The van der Waals surface area contributed by atoms with E-state index in [1.807, 2.05) is 0 Å². The molecule has 1 radical (unpaired) electrons. The van der Waals surface area contributed by atoms with E-state index in [2.05, 4.69) is 50.5 Å². The third kappa shape index (κ3) is 53200. The minimum atomic E-state index is 0. The largest absolute Gasteiger partial charge is 0.696 e. The molecule has 0 N–H and O–H groups in total. The third-order valence-electron chi connectivity index (χ3n) is 0. The van der Waals surface area contributed by atoms with Crippen molar-refractivity contribution < 1.29 is 29.9 Å². The van der Waals surface area contributed by atoms with Crippen LogP contribution in [0.1, 0.15) is 0 Å². The van der Waals surface area contributed by atoms with Gasteiger partial charge in [0, 0.05) is 29.9 Å². The van der Waals surface area contributed by atoms with E-state index in [1.54, 1.807) is 0 Å². The summed E-state index contributed by atoms with van der Waals surface area (Å²) in [4.78, 5) is 0. The summed E-state index contributed by atoms with van der Waals surface area (Å²) < 4.78 is 0. The normalized spacial score (nSPS) is 2.15. The number of nitrogens with zero attached hydrogens (tertiary/aromatic N) is 4. The Morgan fingerprint density at radius 3 is 0.538 bits per heavy atom. The zero-order valence-electron chi connectivity index (χ0n) is 5.87. The first-order valence-electron chi connectivity index (χ1n) is 1.71. The molecule has 0 aliphatic heterocycles. The van der Waals surface area contributed by atoms with Gasteiger partial charge < -0.3 is 50.5 Å². The molecule has 13 heavy (non-hydrogen) atoms. The van der Waals surface area contributed by atoms with Crippen molar-refractivity contribution in [3.63, 3.8) is 0 Å². The Balaban J connectivity index is -0.0000000213. The van der Waals surface area contributed by atoms with E-state index in [9.17, 15) is 0 Å². The fourth-order valence-corrected chi connectivity index (χ4v) is 0. The fraction of sp³-hybridized carbons (Fsp3) is 0. The summed E-state index contributed by atoms with van der Waals surface area (Å²) in [5.74, 6) is 0. The second-order valence-electron chi connectivity index (χ2n) is 0.365. The molecule has 0 fully saturated rings. The van der Waals surface area contributed by atoms with Gasteiger partial charge in [0.05, 0.1) is 0 Å². The van der Waals surface area contributed by atoms with Gasteiger partial charge in [-0.15, -0.1) is 0 Å². The minimum absolute atomic E-state index is 0. The molecule has 69 valence electrons. The van der Waals surface area contributed by atoms with Gasteiger partial charge in [0.15, 0.2) is 0 Å². The summed E-state index contributed by atoms with van der Waals surface area (Å²) >= 11 is 14.8. The molecule has 0 saturated carbocycles. The number of hydrogen-bond acceptors (Lipinski definition) is 8. The minimum Gasteiger partial charge on any atom is -0.696 e. The molecule has 0 bridgehead atoms. The van der Waals surface area contributed by atoms with E-state index >= 15 is 0 Å². The van der Waals surface area contributed by atoms with Crippen LogP contribution in [0, 0.1) is 72.6 Å². The van der Waals surface area contributed by atoms with Crippen LogP contribution in [-0.4, -0.2) is 0 Å². The molecule has 0 atom stereocenters. The molecule has 0 spiro atoms. The molecule has 0 aromatic rings. The van der Waals surface area contributed by atoms with Crippen LogP contribution in [-0.2, 0) is 50.5 Å². The van der Waals surface area contributed by atoms with Gasteiger partial charge >= 0.3 is 0 Å². The molecule has 0 aliphatic rings. The molecular formula is C4N4NpS4-4. The first-order valence-corrected chi connectivity index (χ1v) is 3.34. The average Bonchev–Trinajstić information content (AvgIpc) is 1.92. The van der Waals surface area contributed by atoms with Crippen molar-refractivity contribution in [3.05, 3.63) is 0 Å². The van der Waals surface area contributed by atoms with Gasteiger partial charge in [0.2, 0.25) is 0 Å². The van der Waals surface area contributed by atoms with E-state index in [0.717, 1.165) is 0 Å². The average molecular weight is 469 g/mol. The van der Waals surface area contributed by atoms with Crippen molar-refractivity contribution in [2.75, 3.05) is 0 Å². The topological polar surface area (TPSA) is 95.2 Å². The summed E-state index contributed by atoms with van der Waals surface area (Å²) in [6.07, 6.45) is 0. The van der Waals surface area contributed by atoms with E-state index in [1.165, 1.54) is 21.6 Å². The quantitative estimate of drug-likeness (QED) is 0.363. The molecule has 9 heteroatoms. The SMILES string of the molecule is N#C[S-].N#C[S-].N#C[S-].N#C[S-].[Np]. The van der Waals surface area contributed by atoms with Crippen LogP contribution in [0.4, 0.5) is 0 Å². The molecule has 0 rings (SSSR count). The van der Waals surface area contributed by atoms with Crippen LogP contribution in [0.5, 0.6) is 0 Å². The second-order valence-corrected chi connectivity index (χ2v) is 1.10. The fourth-order valence-electron chi connectivity index (χ4n) is 0. The van der Waals surface area contributed by atoms with Crippen LogP contribution in [0.3, 0.4) is 0 Å². The zero-order chi connectivity index (χ0) is 10.8. The standard InChI is InChI=1S/4CHNS.Np/c4*2-1-3;/h4*3H;/p-4. The first kappa shape index (κ1) is 29.3. The van der Waals surface area contributed by atoms with Crippen LogP contribution in [0.15, 0.2) is 0 Å². The molecule has 0 amide bonds. The van der Waals surface area contributed by atoms with Gasteiger partial charge in [-0.1, -0.05) is 21.6 Å². The van der Waals surface area contributed by atoms with Gasteiger partial charge in [-0.05, 0) is 0 Å². The maximum Gasteiger partial charge on any atom is 0 e. The molecule has 0 saturated heterocycles. The Labute approximate surface area is 122 Å². The van der Waals surface area contributed by atoms with Crippen molar-refractivity contribution in [1.82, 2.24) is 0 Å². The number of thiocyanates is 4. The van der Waals surface area contributed by atoms with Crippen molar-refractivity contribution in [3.8, 4) is 21.6 Å². The van der Waals surface area contributed by atoms with E-state index < -0.39 is 0 Å². The van der Waals surface area contributed by atoms with Crippen LogP contribution in [0.25, 0.3) is 0 Å². The Morgan fingerprint density at radius 1 is 0.538 bits per heavy atom. The molecule has 0 heterocycles. The van der Waals surface area contributed by atoms with Crippen LogP contribution in [0.2, 0.25) is 0 Å². The van der Waals surface area contributed by atoms with Crippen molar-refractivity contribution >= 4 is 50.5 Å². The van der Waals surface area contributed by atoms with Crippen molar-refractivity contribution in [2.45, 2.75) is 0 Å². The van der Waals surface area contributed by atoms with Gasteiger partial charge in [-0.25, -0.2) is 21.0 Å². The second kappa shape index (κ2) is 94.0. The monoisotopic (exact) mass is 468 g/mol. The smallest absolute Gasteiger partial charge is 0 e. The zero-order valence-corrected chi connectivity index (χ0v) is 12.9. The molecule has 0 unspecified atom stereocenters. The summed E-state index contributed by atoms with van der Waals surface area (Å²) in [7, 11) is 0. The number of hydrogen-bond donors (Lipinski definition) is 0. The third-order valence-corrected chi connectivity index (χ3v) is 0.